The lowest BCUT2D eigenvalue weighted by Crippen LogP contribution is -2.27. The smallest absolute Gasteiger partial charge is 0.321 e. The van der Waals surface area contributed by atoms with Crippen molar-refractivity contribution in [3.05, 3.63) is 17.7 Å². The van der Waals surface area contributed by atoms with Crippen LogP contribution >= 0.6 is 0 Å². The molecule has 6 heteroatoms. The number of nitrogens with one attached hydrogen (secondary N) is 2. The quantitative estimate of drug-likeness (QED) is 0.879. The molecule has 21 heavy (non-hydrogen) atoms. The van der Waals surface area contributed by atoms with Gasteiger partial charge in [-0.05, 0) is 26.0 Å². The van der Waals surface area contributed by atoms with Crippen molar-refractivity contribution in [3.8, 4) is 5.75 Å². The van der Waals surface area contributed by atoms with Crippen LogP contribution in [0.5, 0.6) is 5.75 Å². The fourth-order valence-electron chi connectivity index (χ4n) is 2.30. The maximum absolute atomic E-state index is 11.8. The number of carbonyl (C=O) groups excluding carboxylic acids is 2. The van der Waals surface area contributed by atoms with E-state index in [9.17, 15) is 9.59 Å². The summed E-state index contributed by atoms with van der Waals surface area (Å²) in [6.07, 6.45) is 0.723. The molecule has 3 amide bonds. The van der Waals surface area contributed by atoms with Gasteiger partial charge in [0.05, 0.1) is 5.69 Å². The Bertz CT molecular complexity index is 594. The maximum atomic E-state index is 11.8. The predicted molar refractivity (Wildman–Crippen MR) is 81.9 cm³/mol. The molecule has 1 heterocycles. The zero-order chi connectivity index (χ0) is 15.8. The van der Waals surface area contributed by atoms with Crippen molar-refractivity contribution in [2.75, 3.05) is 24.7 Å². The molecular formula is C15H21N3O3. The maximum Gasteiger partial charge on any atom is 0.321 e. The van der Waals surface area contributed by atoms with Gasteiger partial charge in [-0.3, -0.25) is 4.79 Å². The van der Waals surface area contributed by atoms with Gasteiger partial charge in [0.2, 0.25) is 5.91 Å². The van der Waals surface area contributed by atoms with Gasteiger partial charge in [0.15, 0.2) is 0 Å². The third-order valence-corrected chi connectivity index (χ3v) is 3.13. The molecule has 0 aliphatic carbocycles. The van der Waals surface area contributed by atoms with E-state index in [2.05, 4.69) is 10.6 Å². The highest BCUT2D eigenvalue weighted by Gasteiger charge is 2.32. The lowest BCUT2D eigenvalue weighted by atomic mass is 10.0. The van der Waals surface area contributed by atoms with E-state index in [0.717, 1.165) is 12.0 Å². The van der Waals surface area contributed by atoms with Gasteiger partial charge < -0.3 is 20.3 Å². The SMILES string of the molecule is CC(=O)Nc1cc(NC(=O)N(C)C)cc2c1OC(C)(C)C2. The molecular weight excluding hydrogens is 270 g/mol. The fraction of sp³-hybridized carbons (Fsp3) is 0.467. The van der Waals surface area contributed by atoms with Crippen LogP contribution in [0.4, 0.5) is 16.2 Å². The van der Waals surface area contributed by atoms with Crippen LogP contribution in [-0.4, -0.2) is 36.5 Å². The first-order chi connectivity index (χ1) is 9.68. The van der Waals surface area contributed by atoms with Crippen LogP contribution in [0.1, 0.15) is 26.3 Å². The third-order valence-electron chi connectivity index (χ3n) is 3.13. The van der Waals surface area contributed by atoms with E-state index >= 15 is 0 Å². The molecule has 1 aromatic rings. The number of hydrogen-bond acceptors (Lipinski definition) is 3. The summed E-state index contributed by atoms with van der Waals surface area (Å²) in [5, 5.41) is 5.55. The van der Waals surface area contributed by atoms with E-state index in [-0.39, 0.29) is 17.5 Å². The molecule has 2 N–H and O–H groups in total. The molecule has 1 aliphatic heterocycles. The second kappa shape index (κ2) is 5.27. The monoisotopic (exact) mass is 291 g/mol. The van der Waals surface area contributed by atoms with Crippen LogP contribution in [0.3, 0.4) is 0 Å². The summed E-state index contributed by atoms with van der Waals surface area (Å²) in [6.45, 7) is 5.42. The van der Waals surface area contributed by atoms with E-state index < -0.39 is 0 Å². The Morgan fingerprint density at radius 2 is 1.90 bits per heavy atom. The molecule has 0 bridgehead atoms. The molecule has 0 saturated carbocycles. The van der Waals surface area contributed by atoms with E-state index in [1.165, 1.54) is 11.8 Å². The van der Waals surface area contributed by atoms with Crippen molar-refractivity contribution >= 4 is 23.3 Å². The Balaban J connectivity index is 2.38. The molecule has 0 spiro atoms. The fourth-order valence-corrected chi connectivity index (χ4v) is 2.30. The van der Waals surface area contributed by atoms with Gasteiger partial charge in [-0.2, -0.15) is 0 Å². The van der Waals surface area contributed by atoms with E-state index in [4.69, 9.17) is 4.74 Å². The number of amides is 3. The van der Waals surface area contributed by atoms with E-state index in [0.29, 0.717) is 17.1 Å². The van der Waals surface area contributed by atoms with Gasteiger partial charge in [-0.1, -0.05) is 0 Å². The number of carbonyl (C=O) groups is 2. The highest BCUT2D eigenvalue weighted by atomic mass is 16.5. The van der Waals surface area contributed by atoms with Gasteiger partial charge in [0, 0.05) is 38.7 Å². The molecule has 0 fully saturated rings. The number of rotatable bonds is 2. The van der Waals surface area contributed by atoms with Gasteiger partial charge in [0.1, 0.15) is 11.4 Å². The Kier molecular flexibility index (Phi) is 3.80. The largest absolute Gasteiger partial charge is 0.485 e. The highest BCUT2D eigenvalue weighted by molar-refractivity contribution is 5.94. The normalized spacial score (nSPS) is 14.9. The van der Waals surface area contributed by atoms with Crippen LogP contribution in [0.15, 0.2) is 12.1 Å². The Hall–Kier alpha value is -2.24. The first kappa shape index (κ1) is 15.2. The van der Waals surface area contributed by atoms with Crippen LogP contribution in [0.2, 0.25) is 0 Å². The Labute approximate surface area is 124 Å². The zero-order valence-corrected chi connectivity index (χ0v) is 13.0. The molecule has 2 rings (SSSR count). The van der Waals surface area contributed by atoms with Crippen molar-refractivity contribution in [2.24, 2.45) is 0 Å². The average molecular weight is 291 g/mol. The summed E-state index contributed by atoms with van der Waals surface area (Å²) in [7, 11) is 3.34. The lowest BCUT2D eigenvalue weighted by Gasteiger charge is -2.18. The van der Waals surface area contributed by atoms with Crippen molar-refractivity contribution in [1.29, 1.82) is 0 Å². The second-order valence-corrected chi connectivity index (χ2v) is 6.06. The lowest BCUT2D eigenvalue weighted by molar-refractivity contribution is -0.114. The minimum Gasteiger partial charge on any atom is -0.485 e. The second-order valence-electron chi connectivity index (χ2n) is 6.06. The number of fused-ring (bicyclic) bond motifs is 1. The number of benzene rings is 1. The molecule has 0 aromatic heterocycles. The summed E-state index contributed by atoms with van der Waals surface area (Å²) >= 11 is 0. The third kappa shape index (κ3) is 3.45. The zero-order valence-electron chi connectivity index (χ0n) is 13.0. The van der Waals surface area contributed by atoms with Gasteiger partial charge in [-0.15, -0.1) is 0 Å². The minimum atomic E-state index is -0.320. The predicted octanol–water partition coefficient (Wildman–Crippen LogP) is 2.45. The van der Waals surface area contributed by atoms with Crippen LogP contribution in [-0.2, 0) is 11.2 Å². The average Bonchev–Trinajstić information content (AvgIpc) is 2.62. The van der Waals surface area contributed by atoms with Crippen molar-refractivity contribution < 1.29 is 14.3 Å². The van der Waals surface area contributed by atoms with Gasteiger partial charge in [-0.25, -0.2) is 4.79 Å². The van der Waals surface area contributed by atoms with Crippen molar-refractivity contribution in [1.82, 2.24) is 4.90 Å². The van der Waals surface area contributed by atoms with Crippen LogP contribution in [0.25, 0.3) is 0 Å². The number of urea groups is 1. The number of ether oxygens (including phenoxy) is 1. The first-order valence-corrected chi connectivity index (χ1v) is 6.80. The molecule has 114 valence electrons. The standard InChI is InChI=1S/C15H21N3O3/c1-9(19)16-12-7-11(17-14(20)18(4)5)6-10-8-15(2,3)21-13(10)12/h6-7H,8H2,1-5H3,(H,16,19)(H,17,20). The molecule has 0 atom stereocenters. The molecule has 6 nitrogen and oxygen atoms in total. The first-order valence-electron chi connectivity index (χ1n) is 6.80. The van der Waals surface area contributed by atoms with Crippen molar-refractivity contribution in [2.45, 2.75) is 32.8 Å². The summed E-state index contributed by atoms with van der Waals surface area (Å²) in [5.41, 5.74) is 1.87. The molecule has 0 radical (unpaired) electrons. The Morgan fingerprint density at radius 1 is 1.24 bits per heavy atom. The number of nitrogens with zero attached hydrogens (tertiary/aromatic N) is 1. The summed E-state index contributed by atoms with van der Waals surface area (Å²) in [5.74, 6) is 0.500. The topological polar surface area (TPSA) is 70.7 Å². The van der Waals surface area contributed by atoms with Gasteiger partial charge in [0.25, 0.3) is 0 Å². The van der Waals surface area contributed by atoms with Crippen LogP contribution < -0.4 is 15.4 Å². The highest BCUT2D eigenvalue weighted by Crippen LogP contribution is 2.42. The van der Waals surface area contributed by atoms with E-state index in [1.54, 1.807) is 20.2 Å². The number of anilines is 2. The summed E-state index contributed by atoms with van der Waals surface area (Å²) < 4.78 is 5.90. The minimum absolute atomic E-state index is 0.179. The van der Waals surface area contributed by atoms with Gasteiger partial charge >= 0.3 is 6.03 Å². The Morgan fingerprint density at radius 3 is 2.48 bits per heavy atom. The number of hydrogen-bond donors (Lipinski definition) is 2. The molecule has 0 unspecified atom stereocenters. The van der Waals surface area contributed by atoms with Crippen LogP contribution in [0, 0.1) is 0 Å². The van der Waals surface area contributed by atoms with E-state index in [1.807, 2.05) is 19.9 Å². The summed E-state index contributed by atoms with van der Waals surface area (Å²) in [6, 6.07) is 3.38. The molecule has 0 saturated heterocycles. The molecule has 1 aromatic carbocycles. The summed E-state index contributed by atoms with van der Waals surface area (Å²) in [4.78, 5) is 24.6. The molecule has 1 aliphatic rings. The van der Waals surface area contributed by atoms with Crippen molar-refractivity contribution in [3.63, 3.8) is 0 Å².